The first-order chi connectivity index (χ1) is 9.51. The van der Waals surface area contributed by atoms with Crippen LogP contribution in [0.2, 0.25) is 0 Å². The van der Waals surface area contributed by atoms with E-state index in [1.54, 1.807) is 11.3 Å². The molecule has 2 N–H and O–H groups in total. The van der Waals surface area contributed by atoms with Gasteiger partial charge in [-0.1, -0.05) is 20.8 Å². The van der Waals surface area contributed by atoms with Gasteiger partial charge in [0.2, 0.25) is 0 Å². The Morgan fingerprint density at radius 2 is 2.20 bits per heavy atom. The van der Waals surface area contributed by atoms with Gasteiger partial charge in [-0.2, -0.15) is 0 Å². The molecule has 1 aliphatic carbocycles. The lowest BCUT2D eigenvalue weighted by Crippen LogP contribution is -2.39. The molecule has 0 spiro atoms. The van der Waals surface area contributed by atoms with Gasteiger partial charge in [-0.05, 0) is 32.1 Å². The van der Waals surface area contributed by atoms with Gasteiger partial charge in [0.05, 0.1) is 12.2 Å². The van der Waals surface area contributed by atoms with Gasteiger partial charge >= 0.3 is 0 Å². The van der Waals surface area contributed by atoms with Crippen LogP contribution in [0, 0.1) is 12.8 Å². The van der Waals surface area contributed by atoms with Gasteiger partial charge in [-0.25, -0.2) is 9.98 Å². The summed E-state index contributed by atoms with van der Waals surface area (Å²) in [6.45, 7) is 12.4. The van der Waals surface area contributed by atoms with Gasteiger partial charge in [-0.15, -0.1) is 11.3 Å². The number of hydrogen-bond donors (Lipinski definition) is 2. The molecule has 0 amide bonds. The molecule has 112 valence electrons. The highest BCUT2D eigenvalue weighted by Crippen LogP contribution is 2.29. The van der Waals surface area contributed by atoms with Gasteiger partial charge in [0.1, 0.15) is 5.01 Å². The molecule has 0 bridgehead atoms. The van der Waals surface area contributed by atoms with Gasteiger partial charge in [0.25, 0.3) is 0 Å². The first-order valence-corrected chi connectivity index (χ1v) is 8.34. The molecule has 1 heterocycles. The molecule has 1 aromatic heterocycles. The minimum Gasteiger partial charge on any atom is -0.357 e. The maximum atomic E-state index is 4.71. The molecule has 2 unspecified atom stereocenters. The number of aliphatic imine (C=N–C) groups is 1. The minimum atomic E-state index is 0.489. The molecule has 0 aliphatic heterocycles. The van der Waals surface area contributed by atoms with E-state index in [1.165, 1.54) is 17.0 Å². The van der Waals surface area contributed by atoms with Crippen LogP contribution in [-0.2, 0) is 6.54 Å². The minimum absolute atomic E-state index is 0.489. The van der Waals surface area contributed by atoms with Crippen molar-refractivity contribution in [3.05, 3.63) is 15.6 Å². The second kappa shape index (κ2) is 6.57. The Labute approximate surface area is 126 Å². The Bertz CT molecular complexity index is 478. The van der Waals surface area contributed by atoms with Crippen LogP contribution in [0.15, 0.2) is 4.99 Å². The molecule has 20 heavy (non-hydrogen) atoms. The summed E-state index contributed by atoms with van der Waals surface area (Å²) in [6.07, 6.45) is 1.25. The van der Waals surface area contributed by atoms with E-state index in [9.17, 15) is 0 Å². The fourth-order valence-electron chi connectivity index (χ4n) is 2.23. The van der Waals surface area contributed by atoms with Gasteiger partial charge in [0.15, 0.2) is 5.96 Å². The molecule has 4 nitrogen and oxygen atoms in total. The molecule has 5 heteroatoms. The summed E-state index contributed by atoms with van der Waals surface area (Å²) < 4.78 is 0. The number of rotatable bonds is 5. The third-order valence-electron chi connectivity index (χ3n) is 3.57. The van der Waals surface area contributed by atoms with E-state index >= 15 is 0 Å². The van der Waals surface area contributed by atoms with Crippen molar-refractivity contribution < 1.29 is 0 Å². The lowest BCUT2D eigenvalue weighted by molar-refractivity contribution is 0.764. The predicted octanol–water partition coefficient (Wildman–Crippen LogP) is 3.04. The monoisotopic (exact) mass is 294 g/mol. The fraction of sp³-hybridized carbons (Fsp3) is 0.733. The molecule has 1 fully saturated rings. The second-order valence-electron chi connectivity index (χ2n) is 5.86. The number of aromatic nitrogens is 1. The highest BCUT2D eigenvalue weighted by Gasteiger charge is 2.33. The zero-order valence-electron chi connectivity index (χ0n) is 13.2. The average molecular weight is 294 g/mol. The molecule has 0 radical (unpaired) electrons. The molecule has 0 aromatic carbocycles. The van der Waals surface area contributed by atoms with Crippen LogP contribution in [-0.4, -0.2) is 23.5 Å². The first-order valence-electron chi connectivity index (χ1n) is 7.52. The van der Waals surface area contributed by atoms with Gasteiger partial charge in [-0.3, -0.25) is 0 Å². The Balaban J connectivity index is 1.99. The summed E-state index contributed by atoms with van der Waals surface area (Å²) in [4.78, 5) is 10.7. The van der Waals surface area contributed by atoms with Crippen molar-refractivity contribution in [2.75, 3.05) is 6.54 Å². The molecule has 2 rings (SSSR count). The topological polar surface area (TPSA) is 49.3 Å². The van der Waals surface area contributed by atoms with Crippen LogP contribution in [0.4, 0.5) is 0 Å². The van der Waals surface area contributed by atoms with Crippen molar-refractivity contribution in [3.63, 3.8) is 0 Å². The summed E-state index contributed by atoms with van der Waals surface area (Å²) in [5, 5.41) is 7.88. The van der Waals surface area contributed by atoms with Crippen molar-refractivity contribution >= 4 is 17.3 Å². The number of guanidine groups is 1. The third kappa shape index (κ3) is 3.95. The van der Waals surface area contributed by atoms with Gasteiger partial charge < -0.3 is 10.6 Å². The van der Waals surface area contributed by atoms with E-state index < -0.39 is 0 Å². The summed E-state index contributed by atoms with van der Waals surface area (Å²) >= 11 is 1.76. The zero-order valence-corrected chi connectivity index (χ0v) is 14.0. The van der Waals surface area contributed by atoms with E-state index in [0.717, 1.165) is 23.4 Å². The SMILES string of the molecule is CCNC(=NCc1nc(C(C)C)c(C)s1)NC1CC1C. The van der Waals surface area contributed by atoms with Crippen molar-refractivity contribution in [3.8, 4) is 0 Å². The van der Waals surface area contributed by atoms with E-state index in [2.05, 4.69) is 50.2 Å². The van der Waals surface area contributed by atoms with E-state index in [1.807, 2.05) is 0 Å². The van der Waals surface area contributed by atoms with Crippen molar-refractivity contribution in [2.24, 2.45) is 10.9 Å². The number of hydrogen-bond acceptors (Lipinski definition) is 3. The second-order valence-corrected chi connectivity index (χ2v) is 7.15. The van der Waals surface area contributed by atoms with Gasteiger partial charge in [0, 0.05) is 17.5 Å². The number of nitrogens with one attached hydrogen (secondary N) is 2. The Hall–Kier alpha value is -1.10. The quantitative estimate of drug-likeness (QED) is 0.648. The van der Waals surface area contributed by atoms with Crippen LogP contribution in [0.5, 0.6) is 0 Å². The van der Waals surface area contributed by atoms with Crippen LogP contribution in [0.3, 0.4) is 0 Å². The molecule has 0 saturated heterocycles. The van der Waals surface area contributed by atoms with Crippen molar-refractivity contribution in [2.45, 2.75) is 59.5 Å². The molecular weight excluding hydrogens is 268 g/mol. The summed E-state index contributed by atoms with van der Waals surface area (Å²) in [6, 6.07) is 0.594. The van der Waals surface area contributed by atoms with E-state index in [0.29, 0.717) is 18.5 Å². The lowest BCUT2D eigenvalue weighted by Gasteiger charge is -2.10. The van der Waals surface area contributed by atoms with Crippen LogP contribution in [0.25, 0.3) is 0 Å². The largest absolute Gasteiger partial charge is 0.357 e. The normalized spacial score (nSPS) is 22.2. The van der Waals surface area contributed by atoms with E-state index in [4.69, 9.17) is 4.98 Å². The maximum absolute atomic E-state index is 4.71. The predicted molar refractivity (Wildman–Crippen MR) is 86.5 cm³/mol. The number of thiazole rings is 1. The van der Waals surface area contributed by atoms with Crippen LogP contribution in [0.1, 0.15) is 55.6 Å². The highest BCUT2D eigenvalue weighted by atomic mass is 32.1. The van der Waals surface area contributed by atoms with Crippen molar-refractivity contribution in [1.82, 2.24) is 15.6 Å². The third-order valence-corrected chi connectivity index (χ3v) is 4.54. The van der Waals surface area contributed by atoms with E-state index in [-0.39, 0.29) is 0 Å². The molecular formula is C15H26N4S. The maximum Gasteiger partial charge on any atom is 0.191 e. The lowest BCUT2D eigenvalue weighted by atomic mass is 10.1. The Kier molecular flexibility index (Phi) is 5.02. The summed E-state index contributed by atoms with van der Waals surface area (Å²) in [7, 11) is 0. The fourth-order valence-corrected chi connectivity index (χ4v) is 3.25. The molecule has 1 saturated carbocycles. The highest BCUT2D eigenvalue weighted by molar-refractivity contribution is 7.11. The molecule has 1 aliphatic rings. The Morgan fingerprint density at radius 3 is 2.70 bits per heavy atom. The number of nitrogens with zero attached hydrogens (tertiary/aromatic N) is 2. The average Bonchev–Trinajstić information content (AvgIpc) is 2.93. The van der Waals surface area contributed by atoms with Crippen molar-refractivity contribution in [1.29, 1.82) is 0 Å². The number of aryl methyl sites for hydroxylation is 1. The van der Waals surface area contributed by atoms with Crippen LogP contribution < -0.4 is 10.6 Å². The van der Waals surface area contributed by atoms with Crippen LogP contribution >= 0.6 is 11.3 Å². The molecule has 2 atom stereocenters. The first kappa shape index (κ1) is 15.3. The smallest absolute Gasteiger partial charge is 0.191 e. The Morgan fingerprint density at radius 1 is 1.50 bits per heavy atom. The zero-order chi connectivity index (χ0) is 14.7. The summed E-state index contributed by atoms with van der Waals surface area (Å²) in [5.41, 5.74) is 1.22. The molecule has 1 aromatic rings. The standard InChI is InChI=1S/C15H26N4S/c1-6-16-15(18-12-7-10(12)4)17-8-13-19-14(9(2)3)11(5)20-13/h9-10,12H,6-8H2,1-5H3,(H2,16,17,18). The summed E-state index contributed by atoms with van der Waals surface area (Å²) in [5.74, 6) is 2.18.